The van der Waals surface area contributed by atoms with Gasteiger partial charge >= 0.3 is 0 Å². The van der Waals surface area contributed by atoms with Crippen molar-refractivity contribution < 1.29 is 4.92 Å². The Balaban J connectivity index is 2.89. The molecule has 1 aromatic carbocycles. The maximum absolute atomic E-state index is 10.4. The molecule has 0 amide bonds. The van der Waals surface area contributed by atoms with Gasteiger partial charge in [0.05, 0.1) is 10.6 Å². The Bertz CT molecular complexity index is 362. The third kappa shape index (κ3) is 2.81. The highest BCUT2D eigenvalue weighted by Crippen LogP contribution is 2.19. The van der Waals surface area contributed by atoms with Crippen LogP contribution in [0.25, 0.3) is 0 Å². The van der Waals surface area contributed by atoms with Gasteiger partial charge in [0.2, 0.25) is 0 Å². The summed E-state index contributed by atoms with van der Waals surface area (Å²) in [5.74, 6) is 0. The predicted molar refractivity (Wildman–Crippen MR) is 51.3 cm³/mol. The van der Waals surface area contributed by atoms with E-state index < -0.39 is 4.92 Å². The van der Waals surface area contributed by atoms with Crippen LogP contribution >= 0.6 is 0 Å². The van der Waals surface area contributed by atoms with E-state index in [0.29, 0.717) is 5.69 Å². The molecule has 0 spiro atoms. The normalized spacial score (nSPS) is 10.4. The lowest BCUT2D eigenvalue weighted by atomic mass is 10.3. The number of nitrogens with zero attached hydrogens (tertiary/aromatic N) is 4. The van der Waals surface area contributed by atoms with E-state index in [1.807, 2.05) is 0 Å². The molecule has 0 aliphatic rings. The fourth-order valence-corrected chi connectivity index (χ4v) is 0.810. The Morgan fingerprint density at radius 2 is 2.14 bits per heavy atom. The van der Waals surface area contributed by atoms with Crippen LogP contribution in [-0.4, -0.2) is 24.0 Å². The Hall–Kier alpha value is -1.98. The fraction of sp³-hybridized carbons (Fsp3) is 0.250. The fourth-order valence-electron chi connectivity index (χ4n) is 0.810. The van der Waals surface area contributed by atoms with E-state index in [2.05, 4.69) is 10.3 Å². The Morgan fingerprint density at radius 1 is 1.43 bits per heavy atom. The van der Waals surface area contributed by atoms with Crippen LogP contribution in [0.2, 0.25) is 0 Å². The minimum Gasteiger partial charge on any atom is -0.285 e. The van der Waals surface area contributed by atoms with Crippen molar-refractivity contribution in [3.8, 4) is 0 Å². The second kappa shape index (κ2) is 4.31. The lowest BCUT2D eigenvalue weighted by Gasteiger charge is -1.99. The van der Waals surface area contributed by atoms with Crippen LogP contribution in [0.3, 0.4) is 0 Å². The summed E-state index contributed by atoms with van der Waals surface area (Å²) in [5, 5.41) is 19.5. The Kier molecular flexibility index (Phi) is 3.11. The second-order valence-corrected chi connectivity index (χ2v) is 2.81. The zero-order chi connectivity index (χ0) is 10.6. The van der Waals surface area contributed by atoms with Gasteiger partial charge in [-0.15, -0.1) is 5.11 Å². The highest BCUT2D eigenvalue weighted by atomic mass is 16.6. The molecule has 6 heteroatoms. The van der Waals surface area contributed by atoms with Crippen molar-refractivity contribution in [1.29, 1.82) is 0 Å². The zero-order valence-electron chi connectivity index (χ0n) is 7.91. The molecule has 0 saturated heterocycles. The summed E-state index contributed by atoms with van der Waals surface area (Å²) < 4.78 is 0. The molecule has 0 heterocycles. The number of benzene rings is 1. The molecule has 74 valence electrons. The van der Waals surface area contributed by atoms with Crippen LogP contribution in [-0.2, 0) is 0 Å². The maximum Gasteiger partial charge on any atom is 0.271 e. The lowest BCUT2D eigenvalue weighted by molar-refractivity contribution is -0.384. The smallest absolute Gasteiger partial charge is 0.271 e. The molecule has 0 bridgehead atoms. The first kappa shape index (κ1) is 10.1. The largest absolute Gasteiger partial charge is 0.285 e. The molecule has 0 aromatic heterocycles. The van der Waals surface area contributed by atoms with E-state index in [-0.39, 0.29) is 5.69 Å². The molecular formula is C8H10N4O2. The van der Waals surface area contributed by atoms with E-state index in [1.165, 1.54) is 17.1 Å². The number of nitro benzene ring substituents is 1. The molecule has 0 radical (unpaired) electrons. The molecule has 0 atom stereocenters. The third-order valence-corrected chi connectivity index (χ3v) is 1.38. The Labute approximate surface area is 81.0 Å². The van der Waals surface area contributed by atoms with Crippen LogP contribution in [0.15, 0.2) is 34.6 Å². The van der Waals surface area contributed by atoms with Crippen molar-refractivity contribution in [3.05, 3.63) is 34.4 Å². The molecule has 0 aliphatic heterocycles. The topological polar surface area (TPSA) is 71.1 Å². The highest BCUT2D eigenvalue weighted by Gasteiger charge is 2.04. The average molecular weight is 194 g/mol. The van der Waals surface area contributed by atoms with Gasteiger partial charge in [-0.1, -0.05) is 11.3 Å². The van der Waals surface area contributed by atoms with Crippen molar-refractivity contribution in [1.82, 2.24) is 5.01 Å². The molecule has 0 N–H and O–H groups in total. The van der Waals surface area contributed by atoms with Gasteiger partial charge in [-0.2, -0.15) is 0 Å². The average Bonchev–Trinajstić information content (AvgIpc) is 2.15. The summed E-state index contributed by atoms with van der Waals surface area (Å²) >= 11 is 0. The lowest BCUT2D eigenvalue weighted by Crippen LogP contribution is -1.98. The minimum atomic E-state index is -0.464. The molecule has 1 rings (SSSR count). The molecular weight excluding hydrogens is 184 g/mol. The highest BCUT2D eigenvalue weighted by molar-refractivity contribution is 5.45. The van der Waals surface area contributed by atoms with Crippen molar-refractivity contribution >= 4 is 11.4 Å². The molecule has 6 nitrogen and oxygen atoms in total. The van der Waals surface area contributed by atoms with E-state index in [9.17, 15) is 10.1 Å². The van der Waals surface area contributed by atoms with Crippen LogP contribution < -0.4 is 0 Å². The van der Waals surface area contributed by atoms with Crippen molar-refractivity contribution in [2.45, 2.75) is 0 Å². The molecule has 0 saturated carbocycles. The first-order chi connectivity index (χ1) is 6.59. The third-order valence-electron chi connectivity index (χ3n) is 1.38. The monoisotopic (exact) mass is 194 g/mol. The van der Waals surface area contributed by atoms with Crippen LogP contribution in [0.4, 0.5) is 11.4 Å². The van der Waals surface area contributed by atoms with Crippen molar-refractivity contribution in [3.63, 3.8) is 0 Å². The van der Waals surface area contributed by atoms with E-state index in [0.717, 1.165) is 0 Å². The van der Waals surface area contributed by atoms with Crippen molar-refractivity contribution in [2.75, 3.05) is 14.1 Å². The molecule has 0 unspecified atom stereocenters. The van der Waals surface area contributed by atoms with E-state index >= 15 is 0 Å². The summed E-state index contributed by atoms with van der Waals surface area (Å²) in [6.07, 6.45) is 0. The SMILES string of the molecule is CN(C)/N=N/c1cccc([N+](=O)[O-])c1. The van der Waals surface area contributed by atoms with Gasteiger partial charge in [0.1, 0.15) is 0 Å². The molecule has 14 heavy (non-hydrogen) atoms. The number of hydrogen-bond acceptors (Lipinski definition) is 4. The quantitative estimate of drug-likeness (QED) is 0.420. The number of rotatable bonds is 3. The van der Waals surface area contributed by atoms with Gasteiger partial charge in [0.15, 0.2) is 0 Å². The Morgan fingerprint density at radius 3 is 2.71 bits per heavy atom. The minimum absolute atomic E-state index is 0.0141. The van der Waals surface area contributed by atoms with Gasteiger partial charge in [-0.3, -0.25) is 15.1 Å². The summed E-state index contributed by atoms with van der Waals surface area (Å²) in [7, 11) is 3.45. The molecule has 1 aromatic rings. The van der Waals surface area contributed by atoms with Crippen LogP contribution in [0.5, 0.6) is 0 Å². The van der Waals surface area contributed by atoms with Gasteiger partial charge in [0.25, 0.3) is 5.69 Å². The zero-order valence-corrected chi connectivity index (χ0v) is 7.91. The standard InChI is InChI=1S/C8H10N4O2/c1-11(2)10-9-7-4-3-5-8(6-7)12(13)14/h3-6H,1-2H3/b10-9+. The van der Waals surface area contributed by atoms with Crippen molar-refractivity contribution in [2.24, 2.45) is 10.3 Å². The van der Waals surface area contributed by atoms with Crippen LogP contribution in [0, 0.1) is 10.1 Å². The molecule has 0 aliphatic carbocycles. The first-order valence-corrected chi connectivity index (χ1v) is 3.93. The van der Waals surface area contributed by atoms with E-state index in [4.69, 9.17) is 0 Å². The summed E-state index contributed by atoms with van der Waals surface area (Å²) in [5.41, 5.74) is 0.480. The molecule has 0 fully saturated rings. The van der Waals surface area contributed by atoms with Gasteiger partial charge in [0, 0.05) is 26.2 Å². The maximum atomic E-state index is 10.4. The number of non-ortho nitro benzene ring substituents is 1. The first-order valence-electron chi connectivity index (χ1n) is 3.93. The van der Waals surface area contributed by atoms with Crippen LogP contribution in [0.1, 0.15) is 0 Å². The summed E-state index contributed by atoms with van der Waals surface area (Å²) in [4.78, 5) is 9.95. The van der Waals surface area contributed by atoms with Gasteiger partial charge < -0.3 is 0 Å². The predicted octanol–water partition coefficient (Wildman–Crippen LogP) is 2.16. The summed E-state index contributed by atoms with van der Waals surface area (Å²) in [6, 6.07) is 6.00. The number of nitro groups is 1. The summed E-state index contributed by atoms with van der Waals surface area (Å²) in [6.45, 7) is 0. The van der Waals surface area contributed by atoms with E-state index in [1.54, 1.807) is 26.2 Å². The number of hydrogen-bond donors (Lipinski definition) is 0. The van der Waals surface area contributed by atoms with Gasteiger partial charge in [-0.25, -0.2) is 0 Å². The van der Waals surface area contributed by atoms with Gasteiger partial charge in [-0.05, 0) is 6.07 Å². The second-order valence-electron chi connectivity index (χ2n) is 2.81.